The molecule has 0 saturated heterocycles. The van der Waals surface area contributed by atoms with Crippen molar-refractivity contribution in [3.63, 3.8) is 0 Å². The molecule has 0 aliphatic rings. The van der Waals surface area contributed by atoms with Crippen molar-refractivity contribution in [1.82, 2.24) is 10.6 Å². The highest BCUT2D eigenvalue weighted by atomic mass is 16.3. The first-order valence-electron chi connectivity index (χ1n) is 10.1. The second kappa shape index (κ2) is 13.6. The fourth-order valence-electron chi connectivity index (χ4n) is 2.89. The minimum Gasteiger partial charge on any atom is -0.392 e. The molecule has 0 amide bonds. The van der Waals surface area contributed by atoms with Crippen molar-refractivity contribution in [1.29, 1.82) is 0 Å². The van der Waals surface area contributed by atoms with Gasteiger partial charge in [0.05, 0.1) is 18.8 Å². The molecule has 0 aliphatic heterocycles. The molecule has 0 aromatic carbocycles. The summed E-state index contributed by atoms with van der Waals surface area (Å²) in [6.07, 6.45) is 2.26. The number of carbonyl (C=O) groups is 1. The van der Waals surface area contributed by atoms with Crippen molar-refractivity contribution in [2.45, 2.75) is 84.6 Å². The van der Waals surface area contributed by atoms with Crippen LogP contribution in [-0.2, 0) is 4.79 Å². The van der Waals surface area contributed by atoms with Crippen LogP contribution < -0.4 is 16.4 Å². The van der Waals surface area contributed by atoms with E-state index in [1.165, 1.54) is 0 Å². The number of aliphatic hydroxyl groups excluding tert-OH is 2. The number of rotatable bonds is 15. The average Bonchev–Trinajstić information content (AvgIpc) is 2.60. The minimum atomic E-state index is -0.560. The molecule has 0 aliphatic carbocycles. The van der Waals surface area contributed by atoms with E-state index >= 15 is 0 Å². The highest BCUT2D eigenvalue weighted by Crippen LogP contribution is 2.18. The lowest BCUT2D eigenvalue weighted by Crippen LogP contribution is -2.41. The van der Waals surface area contributed by atoms with Gasteiger partial charge in [0.1, 0.15) is 5.78 Å². The second-order valence-electron chi connectivity index (χ2n) is 8.30. The Balaban J connectivity index is 4.12. The van der Waals surface area contributed by atoms with Crippen LogP contribution in [0.5, 0.6) is 0 Å². The van der Waals surface area contributed by atoms with Gasteiger partial charge in [-0.1, -0.05) is 27.7 Å². The molecule has 0 bridgehead atoms. The molecule has 0 heterocycles. The Labute approximate surface area is 160 Å². The topological polar surface area (TPSA) is 108 Å². The fourth-order valence-corrected chi connectivity index (χ4v) is 2.89. The van der Waals surface area contributed by atoms with Gasteiger partial charge in [0.25, 0.3) is 0 Å². The molecule has 6 nitrogen and oxygen atoms in total. The lowest BCUT2D eigenvalue weighted by molar-refractivity contribution is -0.121. The van der Waals surface area contributed by atoms with E-state index in [9.17, 15) is 15.0 Å². The number of likely N-dealkylation sites (N-methyl/N-ethyl adjacent to an activating group) is 1. The molecular weight excluding hydrogens is 330 g/mol. The normalized spacial score (nSPS) is 19.0. The predicted octanol–water partition coefficient (Wildman–Crippen LogP) is 1.29. The summed E-state index contributed by atoms with van der Waals surface area (Å²) < 4.78 is 0. The lowest BCUT2D eigenvalue weighted by Gasteiger charge is -2.27. The maximum Gasteiger partial charge on any atom is 0.149 e. The van der Waals surface area contributed by atoms with Crippen molar-refractivity contribution in [3.8, 4) is 0 Å². The molecule has 0 aromatic rings. The van der Waals surface area contributed by atoms with Gasteiger partial charge in [-0.2, -0.15) is 0 Å². The van der Waals surface area contributed by atoms with E-state index < -0.39 is 6.10 Å². The number of Topliss-reactive ketones (excluding diaryl/α,β-unsaturated/α-hetero) is 1. The van der Waals surface area contributed by atoms with Crippen LogP contribution in [0.15, 0.2) is 0 Å². The Morgan fingerprint density at radius 2 is 1.62 bits per heavy atom. The molecular formula is C20H43N3O3. The van der Waals surface area contributed by atoms with Crippen molar-refractivity contribution in [2.75, 3.05) is 20.1 Å². The molecule has 6 N–H and O–H groups in total. The molecule has 0 spiro atoms. The number of aliphatic hydroxyl groups is 2. The van der Waals surface area contributed by atoms with Crippen molar-refractivity contribution < 1.29 is 15.0 Å². The molecule has 156 valence electrons. The summed E-state index contributed by atoms with van der Waals surface area (Å²) in [6.45, 7) is 11.0. The number of ketones is 1. The van der Waals surface area contributed by atoms with E-state index in [1.807, 2.05) is 27.7 Å². The molecule has 0 radical (unpaired) electrons. The van der Waals surface area contributed by atoms with E-state index in [2.05, 4.69) is 17.6 Å². The standard InChI is InChI=1S/C20H43N3O3/c1-13(2)18(24)12-23-16(5)9-7-15(4)20(26)17(21)10-8-14(3)19(25)11-22-6/h13-18,20,22-24,26H,7-12,21H2,1-6H3/t14?,15?,16?,17-,18?,20?/m0/s1. The average molecular weight is 374 g/mol. The molecule has 26 heavy (non-hydrogen) atoms. The Morgan fingerprint density at radius 3 is 2.15 bits per heavy atom. The maximum atomic E-state index is 11.8. The van der Waals surface area contributed by atoms with Crippen LogP contribution in [-0.4, -0.2) is 60.4 Å². The monoisotopic (exact) mass is 373 g/mol. The Hall–Kier alpha value is -0.530. The molecule has 0 saturated carbocycles. The summed E-state index contributed by atoms with van der Waals surface area (Å²) in [7, 11) is 1.77. The van der Waals surface area contributed by atoms with Crippen LogP contribution >= 0.6 is 0 Å². The van der Waals surface area contributed by atoms with Crippen LogP contribution in [0, 0.1) is 17.8 Å². The quantitative estimate of drug-likeness (QED) is 0.296. The maximum absolute atomic E-state index is 11.8. The summed E-state index contributed by atoms with van der Waals surface area (Å²) in [6, 6.07) is -0.0191. The first-order valence-corrected chi connectivity index (χ1v) is 10.1. The molecule has 0 rings (SSSR count). The zero-order valence-corrected chi connectivity index (χ0v) is 17.7. The van der Waals surface area contributed by atoms with Crippen LogP contribution in [0.25, 0.3) is 0 Å². The third-order valence-electron chi connectivity index (χ3n) is 5.36. The molecule has 6 heteroatoms. The third kappa shape index (κ3) is 10.6. The predicted molar refractivity (Wildman–Crippen MR) is 108 cm³/mol. The van der Waals surface area contributed by atoms with Crippen molar-refractivity contribution in [2.24, 2.45) is 23.5 Å². The van der Waals surface area contributed by atoms with Gasteiger partial charge in [0.2, 0.25) is 0 Å². The van der Waals surface area contributed by atoms with E-state index in [0.29, 0.717) is 25.9 Å². The van der Waals surface area contributed by atoms with Crippen LogP contribution in [0.2, 0.25) is 0 Å². The van der Waals surface area contributed by atoms with Crippen LogP contribution in [0.3, 0.4) is 0 Å². The van der Waals surface area contributed by atoms with E-state index in [4.69, 9.17) is 5.73 Å². The first-order chi connectivity index (χ1) is 12.1. The highest BCUT2D eigenvalue weighted by Gasteiger charge is 2.23. The van der Waals surface area contributed by atoms with E-state index in [0.717, 1.165) is 12.8 Å². The fraction of sp³-hybridized carbons (Fsp3) is 0.950. The second-order valence-corrected chi connectivity index (χ2v) is 8.30. The van der Waals surface area contributed by atoms with E-state index in [-0.39, 0.29) is 41.7 Å². The highest BCUT2D eigenvalue weighted by molar-refractivity contribution is 5.82. The molecule has 5 unspecified atom stereocenters. The molecule has 0 fully saturated rings. The van der Waals surface area contributed by atoms with Crippen LogP contribution in [0.4, 0.5) is 0 Å². The van der Waals surface area contributed by atoms with Crippen molar-refractivity contribution >= 4 is 5.78 Å². The van der Waals surface area contributed by atoms with Gasteiger partial charge >= 0.3 is 0 Å². The number of nitrogens with one attached hydrogen (secondary N) is 2. The molecule has 0 aromatic heterocycles. The number of hydrogen-bond acceptors (Lipinski definition) is 6. The van der Waals surface area contributed by atoms with Gasteiger partial charge in [0, 0.05) is 24.5 Å². The SMILES string of the molecule is CNCC(=O)C(C)CC[C@H](N)C(O)C(C)CCC(C)NCC(O)C(C)C. The number of nitrogens with two attached hydrogens (primary N) is 1. The number of hydrogen-bond donors (Lipinski definition) is 5. The Bertz CT molecular complexity index is 379. The molecule has 6 atom stereocenters. The Kier molecular flexibility index (Phi) is 13.3. The van der Waals surface area contributed by atoms with Gasteiger partial charge in [-0.05, 0) is 51.5 Å². The lowest BCUT2D eigenvalue weighted by atomic mass is 9.88. The van der Waals surface area contributed by atoms with Gasteiger partial charge in [-0.25, -0.2) is 0 Å². The zero-order valence-electron chi connectivity index (χ0n) is 17.7. The van der Waals surface area contributed by atoms with Gasteiger partial charge < -0.3 is 26.6 Å². The number of carbonyl (C=O) groups excluding carboxylic acids is 1. The minimum absolute atomic E-state index is 0.0346. The van der Waals surface area contributed by atoms with Crippen LogP contribution in [0.1, 0.15) is 60.3 Å². The zero-order chi connectivity index (χ0) is 20.3. The van der Waals surface area contributed by atoms with Crippen molar-refractivity contribution in [3.05, 3.63) is 0 Å². The van der Waals surface area contributed by atoms with E-state index in [1.54, 1.807) is 7.05 Å². The first kappa shape index (κ1) is 25.5. The smallest absolute Gasteiger partial charge is 0.149 e. The summed E-state index contributed by atoms with van der Waals surface area (Å²) >= 11 is 0. The summed E-state index contributed by atoms with van der Waals surface area (Å²) in [5.74, 6) is 0.502. The van der Waals surface area contributed by atoms with Gasteiger partial charge in [-0.15, -0.1) is 0 Å². The summed E-state index contributed by atoms with van der Waals surface area (Å²) in [4.78, 5) is 11.8. The van der Waals surface area contributed by atoms with Gasteiger partial charge in [-0.3, -0.25) is 4.79 Å². The summed E-state index contributed by atoms with van der Waals surface area (Å²) in [5.41, 5.74) is 6.15. The third-order valence-corrected chi connectivity index (χ3v) is 5.36. The largest absolute Gasteiger partial charge is 0.392 e. The van der Waals surface area contributed by atoms with Gasteiger partial charge in [0.15, 0.2) is 0 Å². The summed E-state index contributed by atoms with van der Waals surface area (Å²) in [5, 5.41) is 26.5. The Morgan fingerprint density at radius 1 is 1.00 bits per heavy atom.